The number of sulfonamides is 1. The predicted octanol–water partition coefficient (Wildman–Crippen LogP) is 5.66. The van der Waals surface area contributed by atoms with Crippen LogP contribution in [0.25, 0.3) is 0 Å². The van der Waals surface area contributed by atoms with E-state index >= 15 is 0 Å². The Balaban J connectivity index is 2.07. The highest BCUT2D eigenvalue weighted by Gasteiger charge is 2.34. The van der Waals surface area contributed by atoms with Crippen molar-refractivity contribution < 1.29 is 22.4 Å². The van der Waals surface area contributed by atoms with Gasteiger partial charge in [-0.15, -0.1) is 0 Å². The van der Waals surface area contributed by atoms with Crippen LogP contribution in [0.4, 0.5) is 10.1 Å². The summed E-state index contributed by atoms with van der Waals surface area (Å²) < 4.78 is 43.0. The molecule has 7 nitrogen and oxygen atoms in total. The second-order valence-electron chi connectivity index (χ2n) is 9.98. The van der Waals surface area contributed by atoms with Gasteiger partial charge >= 0.3 is 0 Å². The molecule has 2 amide bonds. The average Bonchev–Trinajstić information content (AvgIpc) is 2.85. The maximum Gasteiger partial charge on any atom is 0.264 e. The fourth-order valence-electron chi connectivity index (χ4n) is 3.80. The number of hydrogen-bond donors (Lipinski definition) is 1. The quantitative estimate of drug-likeness (QED) is 0.347. The standard InChI is InChI=1S/C28H30Cl2FN3O4S/c1-19(27(36)32-28(2,3)4)33(17-20-10-8-9-13-25(20)31)26(35)18-34(23-15-21(29)14-22(30)16-23)39(37,38)24-11-6-5-7-12-24/h5-16,19H,17-18H2,1-4H3,(H,32,36). The van der Waals surface area contributed by atoms with Gasteiger partial charge in [0.25, 0.3) is 10.0 Å². The molecule has 0 radical (unpaired) electrons. The molecule has 1 atom stereocenters. The van der Waals surface area contributed by atoms with Crippen molar-refractivity contribution in [2.24, 2.45) is 0 Å². The molecule has 0 spiro atoms. The van der Waals surface area contributed by atoms with E-state index in [1.807, 2.05) is 0 Å². The van der Waals surface area contributed by atoms with Crippen molar-refractivity contribution in [3.8, 4) is 0 Å². The molecule has 0 aliphatic carbocycles. The van der Waals surface area contributed by atoms with Crippen molar-refractivity contribution in [2.75, 3.05) is 10.8 Å². The summed E-state index contributed by atoms with van der Waals surface area (Å²) in [7, 11) is -4.28. The van der Waals surface area contributed by atoms with Crippen LogP contribution in [0.15, 0.2) is 77.7 Å². The summed E-state index contributed by atoms with van der Waals surface area (Å²) in [6.07, 6.45) is 0. The lowest BCUT2D eigenvalue weighted by Gasteiger charge is -2.33. The molecule has 0 fully saturated rings. The number of nitrogens with one attached hydrogen (secondary N) is 1. The number of carbonyl (C=O) groups excluding carboxylic acids is 2. The first-order valence-corrected chi connectivity index (χ1v) is 14.3. The van der Waals surface area contributed by atoms with E-state index in [0.29, 0.717) is 0 Å². The van der Waals surface area contributed by atoms with Gasteiger partial charge in [0.1, 0.15) is 18.4 Å². The van der Waals surface area contributed by atoms with Crippen LogP contribution in [0.1, 0.15) is 33.3 Å². The smallest absolute Gasteiger partial charge is 0.264 e. The third-order valence-corrected chi connectivity index (χ3v) is 7.93. The molecule has 3 aromatic carbocycles. The van der Waals surface area contributed by atoms with Gasteiger partial charge < -0.3 is 10.2 Å². The van der Waals surface area contributed by atoms with Gasteiger partial charge in [0.05, 0.1) is 10.6 Å². The molecule has 0 aliphatic heterocycles. The Bertz CT molecular complexity index is 1430. The van der Waals surface area contributed by atoms with Gasteiger partial charge in [-0.3, -0.25) is 13.9 Å². The number of nitrogens with zero attached hydrogens (tertiary/aromatic N) is 2. The summed E-state index contributed by atoms with van der Waals surface area (Å²) in [6, 6.07) is 16.6. The fraction of sp³-hybridized carbons (Fsp3) is 0.286. The van der Waals surface area contributed by atoms with E-state index in [1.54, 1.807) is 45.0 Å². The molecular weight excluding hydrogens is 564 g/mol. The first-order valence-electron chi connectivity index (χ1n) is 12.1. The van der Waals surface area contributed by atoms with Gasteiger partial charge in [-0.1, -0.05) is 59.6 Å². The van der Waals surface area contributed by atoms with E-state index in [4.69, 9.17) is 23.2 Å². The van der Waals surface area contributed by atoms with E-state index < -0.39 is 45.8 Å². The second kappa shape index (κ2) is 12.4. The predicted molar refractivity (Wildman–Crippen MR) is 152 cm³/mol. The molecule has 39 heavy (non-hydrogen) atoms. The first-order chi connectivity index (χ1) is 18.2. The number of rotatable bonds is 9. The van der Waals surface area contributed by atoms with E-state index in [9.17, 15) is 22.4 Å². The van der Waals surface area contributed by atoms with Crippen LogP contribution in [-0.4, -0.2) is 43.3 Å². The number of carbonyl (C=O) groups is 2. The summed E-state index contributed by atoms with van der Waals surface area (Å²) in [6.45, 7) is 5.91. The lowest BCUT2D eigenvalue weighted by Crippen LogP contribution is -2.54. The Labute approximate surface area is 238 Å². The van der Waals surface area contributed by atoms with E-state index in [2.05, 4.69) is 5.32 Å². The lowest BCUT2D eigenvalue weighted by molar-refractivity contribution is -0.140. The molecule has 1 N–H and O–H groups in total. The Morgan fingerprint density at radius 2 is 1.51 bits per heavy atom. The topological polar surface area (TPSA) is 86.8 Å². The number of hydrogen-bond acceptors (Lipinski definition) is 4. The monoisotopic (exact) mass is 593 g/mol. The average molecular weight is 595 g/mol. The zero-order valence-corrected chi connectivity index (χ0v) is 24.3. The largest absolute Gasteiger partial charge is 0.350 e. The van der Waals surface area contributed by atoms with Crippen molar-refractivity contribution in [1.29, 1.82) is 0 Å². The molecule has 0 saturated carbocycles. The molecule has 0 heterocycles. The third-order valence-electron chi connectivity index (χ3n) is 5.71. The van der Waals surface area contributed by atoms with E-state index in [-0.39, 0.29) is 32.7 Å². The normalized spacial score (nSPS) is 12.5. The fourth-order valence-corrected chi connectivity index (χ4v) is 5.73. The molecule has 11 heteroatoms. The van der Waals surface area contributed by atoms with E-state index in [1.165, 1.54) is 55.5 Å². The minimum atomic E-state index is -4.28. The molecule has 0 saturated heterocycles. The van der Waals surface area contributed by atoms with Gasteiger partial charge in [-0.25, -0.2) is 12.8 Å². The van der Waals surface area contributed by atoms with Crippen LogP contribution < -0.4 is 9.62 Å². The highest BCUT2D eigenvalue weighted by atomic mass is 35.5. The number of amides is 2. The zero-order valence-electron chi connectivity index (χ0n) is 22.0. The van der Waals surface area contributed by atoms with Crippen molar-refractivity contribution in [3.05, 3.63) is 94.2 Å². The molecular formula is C28H30Cl2FN3O4S. The summed E-state index contributed by atoms with van der Waals surface area (Å²) in [5, 5.41) is 3.15. The van der Waals surface area contributed by atoms with Crippen LogP contribution in [-0.2, 0) is 26.2 Å². The van der Waals surface area contributed by atoms with Crippen LogP contribution in [0.5, 0.6) is 0 Å². The van der Waals surface area contributed by atoms with Gasteiger partial charge in [0, 0.05) is 27.7 Å². The minimum absolute atomic E-state index is 0.0577. The molecule has 0 aromatic heterocycles. The van der Waals surface area contributed by atoms with Crippen LogP contribution >= 0.6 is 23.2 Å². The lowest BCUT2D eigenvalue weighted by atomic mass is 10.1. The van der Waals surface area contributed by atoms with Crippen LogP contribution in [0, 0.1) is 5.82 Å². The third kappa shape index (κ3) is 7.94. The molecule has 3 rings (SSSR count). The maximum absolute atomic E-state index is 14.6. The summed E-state index contributed by atoms with van der Waals surface area (Å²) in [4.78, 5) is 28.0. The highest BCUT2D eigenvalue weighted by molar-refractivity contribution is 7.92. The molecule has 3 aromatic rings. The van der Waals surface area contributed by atoms with E-state index in [0.717, 1.165) is 9.21 Å². The van der Waals surface area contributed by atoms with Crippen molar-refractivity contribution in [2.45, 2.75) is 50.7 Å². The first kappa shape index (κ1) is 30.4. The number of halogens is 3. The van der Waals surface area contributed by atoms with Gasteiger partial charge in [0.15, 0.2) is 0 Å². The van der Waals surface area contributed by atoms with Crippen LogP contribution in [0.2, 0.25) is 10.0 Å². The van der Waals surface area contributed by atoms with Crippen molar-refractivity contribution in [1.82, 2.24) is 10.2 Å². The summed E-state index contributed by atoms with van der Waals surface area (Å²) in [5.74, 6) is -1.77. The second-order valence-corrected chi connectivity index (χ2v) is 12.7. The van der Waals surface area contributed by atoms with Gasteiger partial charge in [-0.2, -0.15) is 0 Å². The number of anilines is 1. The maximum atomic E-state index is 14.6. The van der Waals surface area contributed by atoms with Gasteiger partial charge in [-0.05, 0) is 64.1 Å². The minimum Gasteiger partial charge on any atom is -0.350 e. The van der Waals surface area contributed by atoms with Gasteiger partial charge in [0.2, 0.25) is 11.8 Å². The van der Waals surface area contributed by atoms with Crippen LogP contribution in [0.3, 0.4) is 0 Å². The Kier molecular flexibility index (Phi) is 9.64. The summed E-state index contributed by atoms with van der Waals surface area (Å²) >= 11 is 12.3. The SMILES string of the molecule is CC(C(=O)NC(C)(C)C)N(Cc1ccccc1F)C(=O)CN(c1cc(Cl)cc(Cl)c1)S(=O)(=O)c1ccccc1. The Morgan fingerprint density at radius 3 is 2.08 bits per heavy atom. The van der Waals surface area contributed by atoms with Crippen molar-refractivity contribution >= 4 is 50.7 Å². The highest BCUT2D eigenvalue weighted by Crippen LogP contribution is 2.30. The molecule has 0 aliphatic rings. The molecule has 0 bridgehead atoms. The zero-order chi connectivity index (χ0) is 29.0. The number of benzene rings is 3. The molecule has 1 unspecified atom stereocenters. The van der Waals surface area contributed by atoms with Crippen molar-refractivity contribution in [3.63, 3.8) is 0 Å². The molecule has 208 valence electrons. The Hall–Kier alpha value is -3.14. The Morgan fingerprint density at radius 1 is 0.949 bits per heavy atom. The summed E-state index contributed by atoms with van der Waals surface area (Å²) in [5.41, 5.74) is -0.370.